The van der Waals surface area contributed by atoms with Gasteiger partial charge >= 0.3 is 0 Å². The van der Waals surface area contributed by atoms with E-state index in [0.29, 0.717) is 11.5 Å². The summed E-state index contributed by atoms with van der Waals surface area (Å²) in [5, 5.41) is 3.36. The van der Waals surface area contributed by atoms with Gasteiger partial charge in [-0.3, -0.25) is 4.57 Å². The molecule has 32 heavy (non-hydrogen) atoms. The first-order valence-corrected chi connectivity index (χ1v) is 10.6. The quantitative estimate of drug-likeness (QED) is 0.304. The average molecular weight is 411 g/mol. The van der Waals surface area contributed by atoms with Crippen molar-refractivity contribution in [1.29, 1.82) is 0 Å². The van der Waals surface area contributed by atoms with Crippen molar-refractivity contribution < 1.29 is 4.42 Å². The van der Waals surface area contributed by atoms with Crippen LogP contribution in [-0.2, 0) is 0 Å². The minimum absolute atomic E-state index is 0.639. The highest BCUT2D eigenvalue weighted by Gasteiger charge is 2.20. The Hall–Kier alpha value is -4.44. The summed E-state index contributed by atoms with van der Waals surface area (Å²) in [6, 6.07) is 35.0. The van der Waals surface area contributed by atoms with Crippen molar-refractivity contribution in [2.45, 2.75) is 0 Å². The van der Waals surface area contributed by atoms with E-state index in [2.05, 4.69) is 71.3 Å². The van der Waals surface area contributed by atoms with Crippen LogP contribution in [0.4, 0.5) is 0 Å². The van der Waals surface area contributed by atoms with E-state index in [1.165, 1.54) is 10.8 Å². The van der Waals surface area contributed by atoms with Gasteiger partial charge in [0.05, 0.1) is 11.0 Å². The van der Waals surface area contributed by atoms with Gasteiger partial charge in [-0.15, -0.1) is 0 Å². The molecule has 0 saturated heterocycles. The average Bonchev–Trinajstić information content (AvgIpc) is 3.40. The van der Waals surface area contributed by atoms with E-state index in [1.807, 2.05) is 36.4 Å². The SMILES string of the molecule is c1ccc(-c2nc(-n3c4ccccc4c4ccccc43)nc3c2oc2ccccc23)cc1. The summed E-state index contributed by atoms with van der Waals surface area (Å²) in [5.74, 6) is 0.639. The lowest BCUT2D eigenvalue weighted by Crippen LogP contribution is -2.02. The molecule has 0 atom stereocenters. The zero-order chi connectivity index (χ0) is 21.1. The highest BCUT2D eigenvalue weighted by molar-refractivity contribution is 6.10. The van der Waals surface area contributed by atoms with Crippen molar-refractivity contribution in [3.63, 3.8) is 0 Å². The van der Waals surface area contributed by atoms with Crippen LogP contribution in [0.2, 0.25) is 0 Å². The maximum atomic E-state index is 6.25. The zero-order valence-corrected chi connectivity index (χ0v) is 17.1. The number of rotatable bonds is 2. The first-order valence-electron chi connectivity index (χ1n) is 10.6. The van der Waals surface area contributed by atoms with Gasteiger partial charge in [0, 0.05) is 21.7 Å². The summed E-state index contributed by atoms with van der Waals surface area (Å²) < 4.78 is 8.40. The van der Waals surface area contributed by atoms with E-state index in [0.717, 1.165) is 38.8 Å². The number of para-hydroxylation sites is 3. The molecule has 0 N–H and O–H groups in total. The molecule has 4 heteroatoms. The highest BCUT2D eigenvalue weighted by atomic mass is 16.3. The van der Waals surface area contributed by atoms with Gasteiger partial charge in [0.1, 0.15) is 16.8 Å². The maximum absolute atomic E-state index is 6.25. The third-order valence-electron chi connectivity index (χ3n) is 6.04. The molecule has 0 amide bonds. The monoisotopic (exact) mass is 411 g/mol. The topological polar surface area (TPSA) is 43.9 Å². The van der Waals surface area contributed by atoms with Crippen molar-refractivity contribution in [3.05, 3.63) is 103 Å². The number of hydrogen-bond donors (Lipinski definition) is 0. The third-order valence-corrected chi connectivity index (χ3v) is 6.04. The van der Waals surface area contributed by atoms with Crippen molar-refractivity contribution in [1.82, 2.24) is 14.5 Å². The van der Waals surface area contributed by atoms with Crippen LogP contribution in [0.25, 0.3) is 61.1 Å². The molecule has 3 heterocycles. The molecule has 0 spiro atoms. The summed E-state index contributed by atoms with van der Waals surface area (Å²) >= 11 is 0. The van der Waals surface area contributed by atoms with Gasteiger partial charge in [0.15, 0.2) is 5.58 Å². The number of furan rings is 1. The van der Waals surface area contributed by atoms with Crippen LogP contribution in [0.15, 0.2) is 108 Å². The Morgan fingerprint density at radius 3 is 1.88 bits per heavy atom. The Morgan fingerprint density at radius 1 is 0.562 bits per heavy atom. The highest BCUT2D eigenvalue weighted by Crippen LogP contribution is 2.36. The predicted molar refractivity (Wildman–Crippen MR) is 129 cm³/mol. The van der Waals surface area contributed by atoms with E-state index in [9.17, 15) is 0 Å². The Kier molecular flexibility index (Phi) is 3.52. The molecule has 0 aliphatic heterocycles. The Bertz CT molecular complexity index is 1720. The molecule has 0 saturated carbocycles. The molecule has 150 valence electrons. The van der Waals surface area contributed by atoms with Crippen LogP contribution >= 0.6 is 0 Å². The summed E-state index contributed by atoms with van der Waals surface area (Å²) in [4.78, 5) is 10.1. The molecule has 0 aliphatic rings. The van der Waals surface area contributed by atoms with Crippen molar-refractivity contribution in [2.75, 3.05) is 0 Å². The molecule has 7 aromatic rings. The van der Waals surface area contributed by atoms with E-state index >= 15 is 0 Å². The van der Waals surface area contributed by atoms with Gasteiger partial charge < -0.3 is 4.42 Å². The fourth-order valence-electron chi connectivity index (χ4n) is 4.61. The van der Waals surface area contributed by atoms with Crippen LogP contribution in [0, 0.1) is 0 Å². The summed E-state index contributed by atoms with van der Waals surface area (Å²) in [6.45, 7) is 0. The van der Waals surface area contributed by atoms with Crippen LogP contribution < -0.4 is 0 Å². The predicted octanol–water partition coefficient (Wildman–Crippen LogP) is 7.14. The molecule has 0 fully saturated rings. The number of fused-ring (bicyclic) bond motifs is 6. The lowest BCUT2D eigenvalue weighted by atomic mass is 10.1. The maximum Gasteiger partial charge on any atom is 0.236 e. The van der Waals surface area contributed by atoms with Gasteiger partial charge in [-0.1, -0.05) is 78.9 Å². The molecule has 3 aromatic heterocycles. The molecule has 0 aliphatic carbocycles. The molecule has 4 nitrogen and oxygen atoms in total. The standard InChI is InChI=1S/C28H17N3O/c1-2-10-18(11-3-1)25-27-26(21-14-6-9-17-24(21)32-27)30-28(29-25)31-22-15-7-4-12-19(22)20-13-5-8-16-23(20)31/h1-17H. The minimum atomic E-state index is 0.639. The van der Waals surface area contributed by atoms with Crippen LogP contribution in [0.1, 0.15) is 0 Å². The number of aromatic nitrogens is 3. The van der Waals surface area contributed by atoms with Crippen LogP contribution in [0.3, 0.4) is 0 Å². The van der Waals surface area contributed by atoms with Gasteiger partial charge in [0.2, 0.25) is 5.95 Å². The van der Waals surface area contributed by atoms with Crippen LogP contribution in [0.5, 0.6) is 0 Å². The fourth-order valence-corrected chi connectivity index (χ4v) is 4.61. The van der Waals surface area contributed by atoms with E-state index in [4.69, 9.17) is 14.4 Å². The second kappa shape index (κ2) is 6.53. The molecule has 0 radical (unpaired) electrons. The molecule has 7 rings (SSSR count). The minimum Gasteiger partial charge on any atom is -0.452 e. The fraction of sp³-hybridized carbons (Fsp3) is 0. The van der Waals surface area contributed by atoms with Crippen LogP contribution in [-0.4, -0.2) is 14.5 Å². The normalized spacial score (nSPS) is 11.8. The molecular weight excluding hydrogens is 394 g/mol. The molecule has 0 unspecified atom stereocenters. The van der Waals surface area contributed by atoms with Gasteiger partial charge in [-0.25, -0.2) is 9.97 Å². The molecule has 0 bridgehead atoms. The van der Waals surface area contributed by atoms with Gasteiger partial charge in [0.25, 0.3) is 0 Å². The summed E-state index contributed by atoms with van der Waals surface area (Å²) in [5.41, 5.74) is 6.31. The largest absolute Gasteiger partial charge is 0.452 e. The smallest absolute Gasteiger partial charge is 0.236 e. The van der Waals surface area contributed by atoms with Crippen molar-refractivity contribution in [2.24, 2.45) is 0 Å². The molecular formula is C28H17N3O. The van der Waals surface area contributed by atoms with Gasteiger partial charge in [-0.2, -0.15) is 0 Å². The lowest BCUT2D eigenvalue weighted by Gasteiger charge is -2.09. The second-order valence-electron chi connectivity index (χ2n) is 7.88. The summed E-state index contributed by atoms with van der Waals surface area (Å²) in [7, 11) is 0. The van der Waals surface area contributed by atoms with Crippen molar-refractivity contribution in [3.8, 4) is 17.2 Å². The summed E-state index contributed by atoms with van der Waals surface area (Å²) in [6.07, 6.45) is 0. The second-order valence-corrected chi connectivity index (χ2v) is 7.88. The number of nitrogens with zero attached hydrogens (tertiary/aromatic N) is 3. The number of hydrogen-bond acceptors (Lipinski definition) is 3. The first kappa shape index (κ1) is 17.3. The Balaban J connectivity index is 1.66. The van der Waals surface area contributed by atoms with E-state index in [-0.39, 0.29) is 0 Å². The number of benzene rings is 4. The zero-order valence-electron chi connectivity index (χ0n) is 17.1. The van der Waals surface area contributed by atoms with Gasteiger partial charge in [-0.05, 0) is 24.3 Å². The van der Waals surface area contributed by atoms with E-state index < -0.39 is 0 Å². The lowest BCUT2D eigenvalue weighted by molar-refractivity contribution is 0.666. The Labute approximate surface area is 183 Å². The van der Waals surface area contributed by atoms with E-state index in [1.54, 1.807) is 0 Å². The first-order chi connectivity index (χ1) is 15.9. The van der Waals surface area contributed by atoms with Crippen molar-refractivity contribution >= 4 is 43.9 Å². The molecule has 4 aromatic carbocycles. The third kappa shape index (κ3) is 2.38. The Morgan fingerprint density at radius 2 is 1.16 bits per heavy atom.